The molecule has 6 heterocycles. The van der Waals surface area contributed by atoms with Crippen molar-refractivity contribution in [2.24, 2.45) is 0 Å². The fraction of sp³-hybridized carbons (Fsp3) is 0.408. The number of amides is 4. The average Bonchev–Trinajstić information content (AvgIpc) is 3.87. The molecule has 1 unspecified atom stereocenters. The van der Waals surface area contributed by atoms with Gasteiger partial charge in [0.25, 0.3) is 11.8 Å². The molecule has 10 rings (SSSR count). The van der Waals surface area contributed by atoms with Crippen LogP contribution in [0.3, 0.4) is 0 Å². The van der Waals surface area contributed by atoms with Gasteiger partial charge in [0.05, 0.1) is 17.6 Å². The van der Waals surface area contributed by atoms with Crippen LogP contribution in [0.5, 0.6) is 0 Å². The number of hydrogen-bond acceptors (Lipinski definition) is 10. The molecule has 0 spiro atoms. The first-order valence-electron chi connectivity index (χ1n) is 22.9. The van der Waals surface area contributed by atoms with Crippen LogP contribution in [0.1, 0.15) is 81.5 Å². The minimum atomic E-state index is -0.785. The number of carbonyl (C=O) groups is 4. The Balaban J connectivity index is 0.760. The third-order valence-electron chi connectivity index (χ3n) is 13.9. The predicted octanol–water partition coefficient (Wildman–Crippen LogP) is 5.96. The summed E-state index contributed by atoms with van der Waals surface area (Å²) in [6.07, 6.45) is 4.23. The number of piperazine rings is 1. The van der Waals surface area contributed by atoms with E-state index < -0.39 is 29.4 Å². The number of rotatable bonds is 11. The van der Waals surface area contributed by atoms with Crippen molar-refractivity contribution in [1.82, 2.24) is 30.2 Å². The molecule has 344 valence electrons. The lowest BCUT2D eigenvalue weighted by atomic mass is 10.00. The number of benzene rings is 4. The van der Waals surface area contributed by atoms with Crippen molar-refractivity contribution in [1.29, 1.82) is 0 Å². The molecule has 0 bridgehead atoms. The van der Waals surface area contributed by atoms with Crippen molar-refractivity contribution >= 4 is 51.7 Å². The number of imide groups is 1. The van der Waals surface area contributed by atoms with Crippen LogP contribution in [0, 0.1) is 17.5 Å². The third kappa shape index (κ3) is 9.11. The molecule has 4 N–H and O–H groups in total. The molecule has 14 nitrogen and oxygen atoms in total. The molecular formula is C49H52F3N9O5. The van der Waals surface area contributed by atoms with Crippen molar-refractivity contribution in [3.63, 3.8) is 0 Å². The molecule has 5 aliphatic rings. The van der Waals surface area contributed by atoms with Gasteiger partial charge < -0.3 is 25.2 Å². The SMILES string of the molecule is O=C1CCC(N2Cc3c(ccc(CN4CCC(N5CCN(c6ccc(C(=O)Nc7n[nH]c8ccc(Cc9cc(F)cc(F)c9)cc78)c(NC7CCOCC7)c6)CC5)CC4)c3F)C2=O)C(=O)N1. The molecule has 1 atom stereocenters. The number of H-pyrrole nitrogens is 1. The molecule has 5 aromatic rings. The van der Waals surface area contributed by atoms with E-state index in [1.54, 1.807) is 12.1 Å². The number of hydrogen-bond donors (Lipinski definition) is 4. The van der Waals surface area contributed by atoms with Crippen LogP contribution in [-0.4, -0.2) is 119 Å². The molecule has 17 heteroatoms. The van der Waals surface area contributed by atoms with Gasteiger partial charge in [-0.3, -0.25) is 39.4 Å². The van der Waals surface area contributed by atoms with Crippen LogP contribution in [0.25, 0.3) is 10.9 Å². The molecule has 5 aliphatic heterocycles. The highest BCUT2D eigenvalue weighted by Gasteiger charge is 2.41. The van der Waals surface area contributed by atoms with E-state index in [-0.39, 0.29) is 48.7 Å². The van der Waals surface area contributed by atoms with Crippen LogP contribution in [0.15, 0.2) is 66.7 Å². The van der Waals surface area contributed by atoms with Gasteiger partial charge in [0.2, 0.25) is 11.8 Å². The Kier molecular flexibility index (Phi) is 12.2. The zero-order chi connectivity index (χ0) is 45.5. The second-order valence-electron chi connectivity index (χ2n) is 18.1. The van der Waals surface area contributed by atoms with Gasteiger partial charge in [-0.15, -0.1) is 0 Å². The topological polar surface area (TPSA) is 155 Å². The van der Waals surface area contributed by atoms with Crippen molar-refractivity contribution < 1.29 is 37.1 Å². The molecule has 66 heavy (non-hydrogen) atoms. The third-order valence-corrected chi connectivity index (χ3v) is 13.9. The Bertz CT molecular complexity index is 2670. The van der Waals surface area contributed by atoms with Gasteiger partial charge in [0, 0.05) is 104 Å². The number of nitrogens with zero attached hydrogens (tertiary/aromatic N) is 5. The lowest BCUT2D eigenvalue weighted by Gasteiger charge is -2.43. The normalized spacial score (nSPS) is 20.2. The summed E-state index contributed by atoms with van der Waals surface area (Å²) in [6, 6.07) is 18.1. The highest BCUT2D eigenvalue weighted by molar-refractivity contribution is 6.11. The van der Waals surface area contributed by atoms with Gasteiger partial charge in [0.15, 0.2) is 5.82 Å². The van der Waals surface area contributed by atoms with Crippen LogP contribution < -0.4 is 20.9 Å². The summed E-state index contributed by atoms with van der Waals surface area (Å²) in [7, 11) is 0. The van der Waals surface area contributed by atoms with E-state index >= 15 is 4.39 Å². The van der Waals surface area contributed by atoms with E-state index in [9.17, 15) is 28.0 Å². The number of nitrogens with one attached hydrogen (secondary N) is 4. The quantitative estimate of drug-likeness (QED) is 0.117. The molecular weight excluding hydrogens is 852 g/mol. The number of likely N-dealkylation sites (tertiary alicyclic amines) is 1. The maximum atomic E-state index is 15.9. The molecule has 0 radical (unpaired) electrons. The monoisotopic (exact) mass is 903 g/mol. The minimum absolute atomic E-state index is 0.0139. The number of anilines is 3. The largest absolute Gasteiger partial charge is 0.381 e. The Hall–Kier alpha value is -6.30. The standard InChI is InChI=1S/C49H52F3N9O5/c50-32-22-30(23-33(51)25-32)21-29-1-6-41-39(24-29)46(57-56-41)55-47(63)38-5-3-36(26-42(38)53-34-11-19-66-20-12-34)60-17-15-59(16-18-60)35-9-13-58(14-10-35)27-31-2-4-37-40(45(31)52)28-61(49(37)65)43-7-8-44(62)54-48(43)64/h1-6,22-26,34-35,43,53H,7-21,27-28H2,(H,54,62,64)(H2,55,56,57,63). The fourth-order valence-corrected chi connectivity index (χ4v) is 10.3. The zero-order valence-corrected chi connectivity index (χ0v) is 36.5. The van der Waals surface area contributed by atoms with Crippen molar-refractivity contribution in [2.45, 2.75) is 76.2 Å². The number of carbonyl (C=O) groups excluding carboxylic acids is 4. The first-order valence-corrected chi connectivity index (χ1v) is 22.9. The number of aromatic nitrogens is 2. The van der Waals surface area contributed by atoms with Gasteiger partial charge in [0.1, 0.15) is 23.5 Å². The van der Waals surface area contributed by atoms with E-state index in [2.05, 4.69) is 46.9 Å². The Morgan fingerprint density at radius 2 is 1.59 bits per heavy atom. The number of piperidine rings is 2. The van der Waals surface area contributed by atoms with E-state index in [0.717, 1.165) is 88.0 Å². The summed E-state index contributed by atoms with van der Waals surface area (Å²) in [6.45, 7) is 6.78. The minimum Gasteiger partial charge on any atom is -0.381 e. The van der Waals surface area contributed by atoms with Crippen LogP contribution in [-0.2, 0) is 33.8 Å². The van der Waals surface area contributed by atoms with Crippen molar-refractivity contribution in [3.8, 4) is 0 Å². The Labute approximate surface area is 379 Å². The smallest absolute Gasteiger partial charge is 0.258 e. The number of ether oxygens (including phenoxy) is 1. The lowest BCUT2D eigenvalue weighted by molar-refractivity contribution is -0.136. The highest BCUT2D eigenvalue weighted by atomic mass is 19.1. The van der Waals surface area contributed by atoms with Gasteiger partial charge in [-0.1, -0.05) is 12.1 Å². The van der Waals surface area contributed by atoms with Gasteiger partial charge >= 0.3 is 0 Å². The second kappa shape index (κ2) is 18.5. The second-order valence-corrected chi connectivity index (χ2v) is 18.1. The molecule has 0 aliphatic carbocycles. The molecule has 4 amide bonds. The first-order chi connectivity index (χ1) is 32.0. The maximum absolute atomic E-state index is 15.9. The fourth-order valence-electron chi connectivity index (χ4n) is 10.3. The summed E-state index contributed by atoms with van der Waals surface area (Å²) >= 11 is 0. The highest BCUT2D eigenvalue weighted by Crippen LogP contribution is 2.33. The first kappa shape index (κ1) is 43.6. The molecule has 4 fully saturated rings. The number of fused-ring (bicyclic) bond motifs is 2. The number of halogens is 3. The van der Waals surface area contributed by atoms with E-state index in [1.165, 1.54) is 17.0 Å². The van der Waals surface area contributed by atoms with Crippen LogP contribution in [0.2, 0.25) is 0 Å². The zero-order valence-electron chi connectivity index (χ0n) is 36.5. The van der Waals surface area contributed by atoms with E-state index in [1.807, 2.05) is 30.3 Å². The summed E-state index contributed by atoms with van der Waals surface area (Å²) in [4.78, 5) is 59.9. The maximum Gasteiger partial charge on any atom is 0.258 e. The van der Waals surface area contributed by atoms with Crippen LogP contribution >= 0.6 is 0 Å². The molecule has 1 aromatic heterocycles. The van der Waals surface area contributed by atoms with Gasteiger partial charge in [-0.2, -0.15) is 5.10 Å². The van der Waals surface area contributed by atoms with Crippen molar-refractivity contribution in [2.75, 3.05) is 68.0 Å². The van der Waals surface area contributed by atoms with Crippen LogP contribution in [0.4, 0.5) is 30.4 Å². The predicted molar refractivity (Wildman–Crippen MR) is 242 cm³/mol. The Morgan fingerprint density at radius 3 is 2.35 bits per heavy atom. The summed E-state index contributed by atoms with van der Waals surface area (Å²) in [5, 5.41) is 17.0. The molecule has 4 aromatic carbocycles. The van der Waals surface area contributed by atoms with Gasteiger partial charge in [-0.05, 0) is 111 Å². The molecule has 0 saturated carbocycles. The van der Waals surface area contributed by atoms with Gasteiger partial charge in [-0.25, -0.2) is 13.2 Å². The Morgan fingerprint density at radius 1 is 0.818 bits per heavy atom. The van der Waals surface area contributed by atoms with Crippen molar-refractivity contribution in [3.05, 3.63) is 118 Å². The molecule has 4 saturated heterocycles. The lowest BCUT2D eigenvalue weighted by Crippen LogP contribution is -2.53. The van der Waals surface area contributed by atoms with E-state index in [4.69, 9.17) is 4.74 Å². The average molecular weight is 904 g/mol. The summed E-state index contributed by atoms with van der Waals surface area (Å²) in [5.41, 5.74) is 5.41. The number of aromatic amines is 1. The summed E-state index contributed by atoms with van der Waals surface area (Å²) < 4.78 is 49.4. The summed E-state index contributed by atoms with van der Waals surface area (Å²) in [5.74, 6) is -2.87. The van der Waals surface area contributed by atoms with E-state index in [0.29, 0.717) is 71.2 Å².